The van der Waals surface area contributed by atoms with Crippen molar-refractivity contribution in [1.82, 2.24) is 0 Å². The molecule has 1 aromatic carbocycles. The standard InChI is InChI=1S/C9H12FNO/c1-6-2-7(9(11)5-12)4-8(10)3-6/h2-4,9,12H,5,11H2,1H3. The molecule has 0 saturated heterocycles. The second-order valence-electron chi connectivity index (χ2n) is 2.85. The van der Waals surface area contributed by atoms with Gasteiger partial charge in [0.15, 0.2) is 0 Å². The Morgan fingerprint density at radius 3 is 2.67 bits per heavy atom. The number of nitrogens with two attached hydrogens (primary N) is 1. The molecule has 12 heavy (non-hydrogen) atoms. The van der Waals surface area contributed by atoms with Crippen LogP contribution in [0.3, 0.4) is 0 Å². The highest BCUT2D eigenvalue weighted by molar-refractivity contribution is 5.25. The van der Waals surface area contributed by atoms with Crippen LogP contribution < -0.4 is 5.73 Å². The summed E-state index contributed by atoms with van der Waals surface area (Å²) in [5.74, 6) is -0.311. The molecule has 2 nitrogen and oxygen atoms in total. The molecule has 3 N–H and O–H groups in total. The Kier molecular flexibility index (Phi) is 2.78. The second-order valence-corrected chi connectivity index (χ2v) is 2.85. The molecular weight excluding hydrogens is 157 g/mol. The van der Waals surface area contributed by atoms with E-state index in [2.05, 4.69) is 0 Å². The quantitative estimate of drug-likeness (QED) is 0.697. The minimum Gasteiger partial charge on any atom is -0.394 e. The molecule has 0 aliphatic heterocycles. The van der Waals surface area contributed by atoms with E-state index in [0.29, 0.717) is 5.56 Å². The number of halogens is 1. The largest absolute Gasteiger partial charge is 0.394 e. The average Bonchev–Trinajstić information content (AvgIpc) is 2.01. The van der Waals surface area contributed by atoms with Gasteiger partial charge in [-0.2, -0.15) is 0 Å². The van der Waals surface area contributed by atoms with E-state index in [1.165, 1.54) is 12.1 Å². The molecule has 0 heterocycles. The normalized spacial score (nSPS) is 13.0. The van der Waals surface area contributed by atoms with Gasteiger partial charge in [0.2, 0.25) is 0 Å². The maximum atomic E-state index is 12.8. The maximum absolute atomic E-state index is 12.8. The molecule has 0 bridgehead atoms. The van der Waals surface area contributed by atoms with Gasteiger partial charge in [-0.3, -0.25) is 0 Å². The molecule has 1 unspecified atom stereocenters. The summed E-state index contributed by atoms with van der Waals surface area (Å²) in [6.07, 6.45) is 0. The topological polar surface area (TPSA) is 46.2 Å². The molecule has 0 spiro atoms. The fourth-order valence-electron chi connectivity index (χ4n) is 1.08. The molecule has 0 aliphatic rings. The predicted molar refractivity (Wildman–Crippen MR) is 45.2 cm³/mol. The van der Waals surface area contributed by atoms with Crippen LogP contribution in [-0.2, 0) is 0 Å². The van der Waals surface area contributed by atoms with Gasteiger partial charge in [0, 0.05) is 0 Å². The molecule has 0 aliphatic carbocycles. The van der Waals surface area contributed by atoms with Crippen LogP contribution in [0.5, 0.6) is 0 Å². The molecule has 66 valence electrons. The van der Waals surface area contributed by atoms with Crippen LogP contribution in [0.2, 0.25) is 0 Å². The lowest BCUT2D eigenvalue weighted by atomic mass is 10.1. The SMILES string of the molecule is Cc1cc(F)cc(C(N)CO)c1. The molecular formula is C9H12FNO. The Morgan fingerprint density at radius 1 is 1.50 bits per heavy atom. The zero-order valence-corrected chi connectivity index (χ0v) is 6.92. The first-order valence-corrected chi connectivity index (χ1v) is 3.77. The van der Waals surface area contributed by atoms with Gasteiger partial charge in [-0.05, 0) is 30.2 Å². The van der Waals surface area contributed by atoms with Crippen molar-refractivity contribution in [3.63, 3.8) is 0 Å². The van der Waals surface area contributed by atoms with E-state index in [0.717, 1.165) is 5.56 Å². The van der Waals surface area contributed by atoms with Crippen LogP contribution in [-0.4, -0.2) is 11.7 Å². The van der Waals surface area contributed by atoms with Gasteiger partial charge in [-0.1, -0.05) is 6.07 Å². The Labute approximate surface area is 70.8 Å². The third-order valence-corrected chi connectivity index (χ3v) is 1.69. The van der Waals surface area contributed by atoms with Gasteiger partial charge in [0.25, 0.3) is 0 Å². The van der Waals surface area contributed by atoms with Gasteiger partial charge < -0.3 is 10.8 Å². The van der Waals surface area contributed by atoms with E-state index in [-0.39, 0.29) is 12.4 Å². The highest BCUT2D eigenvalue weighted by Gasteiger charge is 2.05. The summed E-state index contributed by atoms with van der Waals surface area (Å²) < 4.78 is 12.8. The number of aliphatic hydroxyl groups excluding tert-OH is 1. The van der Waals surface area contributed by atoms with E-state index in [1.807, 2.05) is 0 Å². The monoisotopic (exact) mass is 169 g/mol. The van der Waals surface area contributed by atoms with Gasteiger partial charge in [0.1, 0.15) is 5.82 Å². The number of benzene rings is 1. The lowest BCUT2D eigenvalue weighted by molar-refractivity contribution is 0.267. The van der Waals surface area contributed by atoms with E-state index in [9.17, 15) is 4.39 Å². The summed E-state index contributed by atoms with van der Waals surface area (Å²) >= 11 is 0. The van der Waals surface area contributed by atoms with E-state index < -0.39 is 6.04 Å². The van der Waals surface area contributed by atoms with E-state index in [1.54, 1.807) is 13.0 Å². The van der Waals surface area contributed by atoms with Crippen molar-refractivity contribution in [3.05, 3.63) is 35.1 Å². The van der Waals surface area contributed by atoms with Gasteiger partial charge >= 0.3 is 0 Å². The van der Waals surface area contributed by atoms with Crippen molar-refractivity contribution in [1.29, 1.82) is 0 Å². The van der Waals surface area contributed by atoms with Gasteiger partial charge in [0.05, 0.1) is 12.6 Å². The first-order chi connectivity index (χ1) is 5.63. The second kappa shape index (κ2) is 3.65. The molecule has 0 aromatic heterocycles. The van der Waals surface area contributed by atoms with Crippen LogP contribution in [0, 0.1) is 12.7 Å². The third-order valence-electron chi connectivity index (χ3n) is 1.69. The van der Waals surface area contributed by atoms with Crippen LogP contribution in [0.4, 0.5) is 4.39 Å². The van der Waals surface area contributed by atoms with Gasteiger partial charge in [-0.25, -0.2) is 4.39 Å². The summed E-state index contributed by atoms with van der Waals surface area (Å²) in [5.41, 5.74) is 6.96. The fourth-order valence-corrected chi connectivity index (χ4v) is 1.08. The maximum Gasteiger partial charge on any atom is 0.123 e. The highest BCUT2D eigenvalue weighted by atomic mass is 19.1. The Balaban J connectivity index is 3.00. The molecule has 0 fully saturated rings. The predicted octanol–water partition coefficient (Wildman–Crippen LogP) is 1.13. The number of rotatable bonds is 2. The van der Waals surface area contributed by atoms with E-state index in [4.69, 9.17) is 10.8 Å². The molecule has 0 saturated carbocycles. The smallest absolute Gasteiger partial charge is 0.123 e. The van der Waals surface area contributed by atoms with Crippen molar-refractivity contribution in [2.24, 2.45) is 5.73 Å². The molecule has 1 atom stereocenters. The fraction of sp³-hybridized carbons (Fsp3) is 0.333. The summed E-state index contributed by atoms with van der Waals surface area (Å²) in [7, 11) is 0. The zero-order chi connectivity index (χ0) is 9.14. The number of aliphatic hydroxyl groups is 1. The van der Waals surface area contributed by atoms with Crippen molar-refractivity contribution >= 4 is 0 Å². The van der Waals surface area contributed by atoms with Crippen molar-refractivity contribution in [2.75, 3.05) is 6.61 Å². The summed E-state index contributed by atoms with van der Waals surface area (Å²) in [4.78, 5) is 0. The summed E-state index contributed by atoms with van der Waals surface area (Å²) in [5, 5.41) is 8.72. The first-order valence-electron chi connectivity index (χ1n) is 3.77. The minimum atomic E-state index is -0.487. The molecule has 1 rings (SSSR count). The van der Waals surface area contributed by atoms with Crippen LogP contribution in [0.15, 0.2) is 18.2 Å². The van der Waals surface area contributed by atoms with Crippen molar-refractivity contribution < 1.29 is 9.50 Å². The number of hydrogen-bond acceptors (Lipinski definition) is 2. The Hall–Kier alpha value is -0.930. The molecule has 0 amide bonds. The van der Waals surface area contributed by atoms with Gasteiger partial charge in [-0.15, -0.1) is 0 Å². The highest BCUT2D eigenvalue weighted by Crippen LogP contribution is 2.13. The third kappa shape index (κ3) is 2.03. The molecule has 1 aromatic rings. The van der Waals surface area contributed by atoms with Crippen molar-refractivity contribution in [3.8, 4) is 0 Å². The summed E-state index contributed by atoms with van der Waals surface area (Å²) in [6.45, 7) is 1.62. The van der Waals surface area contributed by atoms with Crippen LogP contribution in [0.1, 0.15) is 17.2 Å². The molecule has 0 radical (unpaired) electrons. The Morgan fingerprint density at radius 2 is 2.17 bits per heavy atom. The average molecular weight is 169 g/mol. The first kappa shape index (κ1) is 9.16. The number of aryl methyl sites for hydroxylation is 1. The van der Waals surface area contributed by atoms with Crippen LogP contribution >= 0.6 is 0 Å². The zero-order valence-electron chi connectivity index (χ0n) is 6.92. The molecule has 3 heteroatoms. The Bertz CT molecular complexity index is 255. The lowest BCUT2D eigenvalue weighted by Gasteiger charge is -2.08. The summed E-state index contributed by atoms with van der Waals surface area (Å²) in [6, 6.07) is 4.05. The van der Waals surface area contributed by atoms with Crippen molar-refractivity contribution in [2.45, 2.75) is 13.0 Å². The minimum absolute atomic E-state index is 0.164. The lowest BCUT2D eigenvalue weighted by Crippen LogP contribution is -2.14. The number of hydrogen-bond donors (Lipinski definition) is 2. The van der Waals surface area contributed by atoms with Crippen LogP contribution in [0.25, 0.3) is 0 Å². The van der Waals surface area contributed by atoms with E-state index >= 15 is 0 Å².